The molecule has 0 unspecified atom stereocenters. The van der Waals surface area contributed by atoms with Gasteiger partial charge in [0.2, 0.25) is 0 Å². The van der Waals surface area contributed by atoms with Gasteiger partial charge >= 0.3 is 0 Å². The third kappa shape index (κ3) is 4.97. The smallest absolute Gasteiger partial charge is 0.270 e. The number of rotatable bonds is 7. The zero-order chi connectivity index (χ0) is 21.7. The summed E-state index contributed by atoms with van der Waals surface area (Å²) >= 11 is 0. The van der Waals surface area contributed by atoms with E-state index in [1.54, 1.807) is 18.2 Å². The molecule has 1 amide bonds. The van der Waals surface area contributed by atoms with Crippen molar-refractivity contribution in [2.75, 3.05) is 4.72 Å². The Morgan fingerprint density at radius 2 is 1.70 bits per heavy atom. The normalized spacial score (nSPS) is 11.0. The summed E-state index contributed by atoms with van der Waals surface area (Å²) in [5, 5.41) is 13.4. The number of benzene rings is 3. The Morgan fingerprint density at radius 1 is 1.00 bits per heavy atom. The van der Waals surface area contributed by atoms with Crippen LogP contribution in [0.25, 0.3) is 0 Å². The fourth-order valence-electron chi connectivity index (χ4n) is 2.59. The highest BCUT2D eigenvalue weighted by atomic mass is 32.2. The van der Waals surface area contributed by atoms with Crippen LogP contribution in [0.4, 0.5) is 15.8 Å². The minimum Gasteiger partial charge on any atom is -0.348 e. The van der Waals surface area contributed by atoms with Crippen molar-refractivity contribution in [2.24, 2.45) is 0 Å². The van der Waals surface area contributed by atoms with Crippen LogP contribution in [0.1, 0.15) is 15.9 Å². The van der Waals surface area contributed by atoms with Gasteiger partial charge in [-0.15, -0.1) is 0 Å². The van der Waals surface area contributed by atoms with Crippen molar-refractivity contribution in [1.82, 2.24) is 5.32 Å². The Hall–Kier alpha value is -3.79. The van der Waals surface area contributed by atoms with Gasteiger partial charge < -0.3 is 5.32 Å². The van der Waals surface area contributed by atoms with Crippen molar-refractivity contribution in [3.8, 4) is 0 Å². The monoisotopic (exact) mass is 429 g/mol. The number of nitrogens with one attached hydrogen (secondary N) is 2. The van der Waals surface area contributed by atoms with Gasteiger partial charge in [0.1, 0.15) is 5.82 Å². The van der Waals surface area contributed by atoms with Crippen LogP contribution in [-0.4, -0.2) is 19.2 Å². The second kappa shape index (κ2) is 8.70. The first-order chi connectivity index (χ1) is 14.3. The van der Waals surface area contributed by atoms with E-state index in [9.17, 15) is 27.7 Å². The first kappa shape index (κ1) is 20.9. The van der Waals surface area contributed by atoms with Crippen LogP contribution in [0, 0.1) is 15.9 Å². The zero-order valence-electron chi connectivity index (χ0n) is 15.4. The summed E-state index contributed by atoms with van der Waals surface area (Å²) in [4.78, 5) is 22.1. The maximum atomic E-state index is 13.6. The van der Waals surface area contributed by atoms with Crippen molar-refractivity contribution in [3.05, 3.63) is 99.9 Å². The quantitative estimate of drug-likeness (QED) is 0.440. The van der Waals surface area contributed by atoms with Crippen LogP contribution in [0.2, 0.25) is 0 Å². The minimum absolute atomic E-state index is 0.00662. The molecule has 0 aliphatic carbocycles. The molecule has 0 aliphatic rings. The lowest BCUT2D eigenvalue weighted by Gasteiger charge is -2.09. The van der Waals surface area contributed by atoms with E-state index in [0.29, 0.717) is 5.56 Å². The van der Waals surface area contributed by atoms with E-state index in [4.69, 9.17) is 0 Å². The van der Waals surface area contributed by atoms with E-state index in [2.05, 4.69) is 10.0 Å². The summed E-state index contributed by atoms with van der Waals surface area (Å²) in [5.41, 5.74) is 0.420. The van der Waals surface area contributed by atoms with Crippen LogP contribution < -0.4 is 10.0 Å². The molecule has 10 heteroatoms. The summed E-state index contributed by atoms with van der Waals surface area (Å²) < 4.78 is 40.8. The largest absolute Gasteiger partial charge is 0.348 e. The molecule has 3 aromatic carbocycles. The number of nitro groups is 1. The molecule has 3 rings (SSSR count). The number of nitrogens with zero attached hydrogens (tertiary/aromatic N) is 1. The number of carbonyl (C=O) groups is 1. The Morgan fingerprint density at radius 3 is 2.37 bits per heavy atom. The number of hydrogen-bond acceptors (Lipinski definition) is 5. The van der Waals surface area contributed by atoms with Crippen molar-refractivity contribution < 1.29 is 22.5 Å². The number of anilines is 1. The summed E-state index contributed by atoms with van der Waals surface area (Å²) in [6.45, 7) is 0.00662. The standard InChI is InChI=1S/C20H16FN3O5S/c21-19-7-2-1-4-15(19)13-22-20(25)14-8-10-16(11-9-14)23-30(28,29)18-6-3-5-17(12-18)24(26)27/h1-12,23H,13H2,(H,22,25). The number of carbonyl (C=O) groups excluding carboxylic acids is 1. The lowest BCUT2D eigenvalue weighted by molar-refractivity contribution is -0.385. The molecule has 0 bridgehead atoms. The van der Waals surface area contributed by atoms with Gasteiger partial charge in [-0.3, -0.25) is 19.6 Å². The van der Waals surface area contributed by atoms with E-state index in [1.807, 2.05) is 0 Å². The highest BCUT2D eigenvalue weighted by molar-refractivity contribution is 7.92. The predicted molar refractivity (Wildman–Crippen MR) is 108 cm³/mol. The van der Waals surface area contributed by atoms with Gasteiger partial charge in [0, 0.05) is 35.5 Å². The molecule has 2 N–H and O–H groups in total. The minimum atomic E-state index is -4.05. The number of hydrogen-bond donors (Lipinski definition) is 2. The number of amides is 1. The third-order valence-electron chi connectivity index (χ3n) is 4.14. The molecule has 0 fully saturated rings. The van der Waals surface area contributed by atoms with Crippen LogP contribution in [0.3, 0.4) is 0 Å². The molecule has 0 aliphatic heterocycles. The molecule has 8 nitrogen and oxygen atoms in total. The Bertz CT molecular complexity index is 1200. The second-order valence-corrected chi connectivity index (χ2v) is 7.89. The van der Waals surface area contributed by atoms with E-state index in [1.165, 1.54) is 48.5 Å². The van der Waals surface area contributed by atoms with Crippen LogP contribution >= 0.6 is 0 Å². The lowest BCUT2D eigenvalue weighted by Crippen LogP contribution is -2.23. The SMILES string of the molecule is O=C(NCc1ccccc1F)c1ccc(NS(=O)(=O)c2cccc([N+](=O)[O-])c2)cc1. The molecular weight excluding hydrogens is 413 g/mol. The number of non-ortho nitro benzene ring substituents is 1. The van der Waals surface area contributed by atoms with Crippen LogP contribution in [0.15, 0.2) is 77.7 Å². The van der Waals surface area contributed by atoms with Gasteiger partial charge in [0.05, 0.1) is 9.82 Å². The average molecular weight is 429 g/mol. The molecule has 0 saturated carbocycles. The van der Waals surface area contributed by atoms with E-state index in [0.717, 1.165) is 6.07 Å². The van der Waals surface area contributed by atoms with E-state index >= 15 is 0 Å². The van der Waals surface area contributed by atoms with Gasteiger partial charge in [0.25, 0.3) is 21.6 Å². The summed E-state index contributed by atoms with van der Waals surface area (Å²) in [6, 6.07) is 16.3. The van der Waals surface area contributed by atoms with Crippen molar-refractivity contribution in [1.29, 1.82) is 0 Å². The van der Waals surface area contributed by atoms with Gasteiger partial charge in [-0.05, 0) is 36.4 Å². The van der Waals surface area contributed by atoms with E-state index in [-0.39, 0.29) is 28.4 Å². The Balaban J connectivity index is 1.68. The molecule has 0 heterocycles. The highest BCUT2D eigenvalue weighted by Crippen LogP contribution is 2.21. The Kier molecular flexibility index (Phi) is 6.07. The van der Waals surface area contributed by atoms with Crippen LogP contribution in [0.5, 0.6) is 0 Å². The van der Waals surface area contributed by atoms with Crippen LogP contribution in [-0.2, 0) is 16.6 Å². The fourth-order valence-corrected chi connectivity index (χ4v) is 3.69. The Labute approximate surface area is 171 Å². The first-order valence-corrected chi connectivity index (χ1v) is 10.1. The molecular formula is C20H16FN3O5S. The zero-order valence-corrected chi connectivity index (χ0v) is 16.2. The second-order valence-electron chi connectivity index (χ2n) is 6.21. The molecule has 0 radical (unpaired) electrons. The average Bonchev–Trinajstić information content (AvgIpc) is 2.73. The maximum Gasteiger partial charge on any atom is 0.270 e. The van der Waals surface area contributed by atoms with Gasteiger partial charge in [-0.1, -0.05) is 24.3 Å². The first-order valence-electron chi connectivity index (χ1n) is 8.65. The molecule has 0 saturated heterocycles. The summed E-state index contributed by atoms with van der Waals surface area (Å²) in [6.07, 6.45) is 0. The number of nitro benzene ring substituents is 1. The van der Waals surface area contributed by atoms with Gasteiger partial charge in [0.15, 0.2) is 0 Å². The molecule has 0 spiro atoms. The predicted octanol–water partition coefficient (Wildman–Crippen LogP) is 3.46. The molecule has 0 aromatic heterocycles. The fraction of sp³-hybridized carbons (Fsp3) is 0.0500. The number of sulfonamides is 1. The molecule has 30 heavy (non-hydrogen) atoms. The molecule has 154 valence electrons. The summed E-state index contributed by atoms with van der Waals surface area (Å²) in [7, 11) is -4.05. The van der Waals surface area contributed by atoms with Crippen molar-refractivity contribution in [2.45, 2.75) is 11.4 Å². The van der Waals surface area contributed by atoms with Crippen molar-refractivity contribution >= 4 is 27.3 Å². The third-order valence-corrected chi connectivity index (χ3v) is 5.51. The lowest BCUT2D eigenvalue weighted by atomic mass is 10.1. The topological polar surface area (TPSA) is 118 Å². The highest BCUT2D eigenvalue weighted by Gasteiger charge is 2.18. The number of halogens is 1. The van der Waals surface area contributed by atoms with Gasteiger partial charge in [-0.25, -0.2) is 12.8 Å². The maximum absolute atomic E-state index is 13.6. The van der Waals surface area contributed by atoms with Crippen molar-refractivity contribution in [3.63, 3.8) is 0 Å². The van der Waals surface area contributed by atoms with Gasteiger partial charge in [-0.2, -0.15) is 0 Å². The summed E-state index contributed by atoms with van der Waals surface area (Å²) in [5.74, 6) is -0.880. The molecule has 3 aromatic rings. The molecule has 0 atom stereocenters. The van der Waals surface area contributed by atoms with E-state index < -0.39 is 26.7 Å².